The molecule has 1 aromatic rings. The summed E-state index contributed by atoms with van der Waals surface area (Å²) in [4.78, 5) is 10.6. The molecule has 1 rings (SSSR count). The number of aliphatic hydroxyl groups is 1. The zero-order valence-corrected chi connectivity index (χ0v) is 7.25. The number of rotatable bonds is 2. The first-order valence-electron chi connectivity index (χ1n) is 3.45. The first-order valence-corrected chi connectivity index (χ1v) is 3.83. The molecule has 70 valence electrons. The van der Waals surface area contributed by atoms with Gasteiger partial charge in [0.15, 0.2) is 6.10 Å². The van der Waals surface area contributed by atoms with Crippen molar-refractivity contribution in [3.8, 4) is 0 Å². The molecule has 0 aliphatic heterocycles. The van der Waals surface area contributed by atoms with Gasteiger partial charge in [-0.05, 0) is 12.1 Å². The molecular weight excluding hydrogens is 197 g/mol. The Bertz CT molecular complexity index is 323. The van der Waals surface area contributed by atoms with Crippen molar-refractivity contribution in [3.05, 3.63) is 34.6 Å². The van der Waals surface area contributed by atoms with Crippen LogP contribution in [0, 0.1) is 5.82 Å². The Kier molecular flexibility index (Phi) is 2.85. The lowest BCUT2D eigenvalue weighted by Crippen LogP contribution is -2.22. The Morgan fingerprint density at radius 1 is 1.62 bits per heavy atom. The van der Waals surface area contributed by atoms with E-state index in [0.717, 1.165) is 6.07 Å². The maximum Gasteiger partial charge on any atom is 0.251 e. The summed E-state index contributed by atoms with van der Waals surface area (Å²) in [5.41, 5.74) is 4.51. The van der Waals surface area contributed by atoms with Gasteiger partial charge in [0, 0.05) is 10.6 Å². The minimum atomic E-state index is -1.70. The van der Waals surface area contributed by atoms with Crippen LogP contribution in [-0.4, -0.2) is 11.0 Å². The van der Waals surface area contributed by atoms with Crippen molar-refractivity contribution in [1.82, 2.24) is 0 Å². The maximum atomic E-state index is 13.0. The molecular formula is C8H7ClFNO2. The smallest absolute Gasteiger partial charge is 0.251 e. The molecule has 5 heteroatoms. The molecule has 0 radical (unpaired) electrons. The molecule has 1 amide bonds. The fraction of sp³-hybridized carbons (Fsp3) is 0.125. The van der Waals surface area contributed by atoms with Crippen molar-refractivity contribution in [2.24, 2.45) is 5.73 Å². The van der Waals surface area contributed by atoms with E-state index in [9.17, 15) is 9.18 Å². The number of primary amides is 1. The Balaban J connectivity index is 3.20. The number of amides is 1. The van der Waals surface area contributed by atoms with Crippen molar-refractivity contribution >= 4 is 17.5 Å². The third kappa shape index (κ3) is 1.96. The predicted octanol–water partition coefficient (Wildman–Crippen LogP) is 0.998. The SMILES string of the molecule is NC(=O)[C@H](O)c1c(F)cccc1Cl. The van der Waals surface area contributed by atoms with Crippen LogP contribution < -0.4 is 5.73 Å². The Morgan fingerprint density at radius 3 is 2.69 bits per heavy atom. The lowest BCUT2D eigenvalue weighted by Gasteiger charge is -2.09. The van der Waals surface area contributed by atoms with E-state index in [-0.39, 0.29) is 10.6 Å². The van der Waals surface area contributed by atoms with Crippen molar-refractivity contribution in [2.75, 3.05) is 0 Å². The molecule has 0 saturated heterocycles. The fourth-order valence-electron chi connectivity index (χ4n) is 0.914. The van der Waals surface area contributed by atoms with E-state index in [2.05, 4.69) is 0 Å². The lowest BCUT2D eigenvalue weighted by atomic mass is 10.1. The summed E-state index contributed by atoms with van der Waals surface area (Å²) in [5, 5.41) is 9.14. The quantitative estimate of drug-likeness (QED) is 0.753. The van der Waals surface area contributed by atoms with Crippen molar-refractivity contribution in [1.29, 1.82) is 0 Å². The number of nitrogens with two attached hydrogens (primary N) is 1. The Labute approximate surface area is 78.9 Å². The van der Waals surface area contributed by atoms with E-state index in [1.807, 2.05) is 0 Å². The summed E-state index contributed by atoms with van der Waals surface area (Å²) in [5.74, 6) is -1.79. The highest BCUT2D eigenvalue weighted by atomic mass is 35.5. The highest BCUT2D eigenvalue weighted by molar-refractivity contribution is 6.31. The molecule has 3 nitrogen and oxygen atoms in total. The van der Waals surface area contributed by atoms with Gasteiger partial charge in [0.05, 0.1) is 0 Å². The van der Waals surface area contributed by atoms with Gasteiger partial charge in [-0.2, -0.15) is 0 Å². The molecule has 0 spiro atoms. The summed E-state index contributed by atoms with van der Waals surface area (Å²) in [6.45, 7) is 0. The summed E-state index contributed by atoms with van der Waals surface area (Å²) >= 11 is 5.56. The second kappa shape index (κ2) is 3.72. The van der Waals surface area contributed by atoms with Gasteiger partial charge < -0.3 is 10.8 Å². The molecule has 3 N–H and O–H groups in total. The Hall–Kier alpha value is -1.13. The molecule has 0 bridgehead atoms. The first-order chi connectivity index (χ1) is 6.04. The van der Waals surface area contributed by atoms with Crippen molar-refractivity contribution in [2.45, 2.75) is 6.10 Å². The molecule has 0 heterocycles. The summed E-state index contributed by atoms with van der Waals surface area (Å²) in [6.07, 6.45) is -1.70. The van der Waals surface area contributed by atoms with Gasteiger partial charge in [0.1, 0.15) is 5.82 Å². The number of carbonyl (C=O) groups is 1. The van der Waals surface area contributed by atoms with Crippen LogP contribution in [0.15, 0.2) is 18.2 Å². The van der Waals surface area contributed by atoms with Crippen LogP contribution in [0.25, 0.3) is 0 Å². The molecule has 0 unspecified atom stereocenters. The zero-order chi connectivity index (χ0) is 10.0. The van der Waals surface area contributed by atoms with Gasteiger partial charge in [-0.15, -0.1) is 0 Å². The first kappa shape index (κ1) is 9.95. The molecule has 0 fully saturated rings. The summed E-state index contributed by atoms with van der Waals surface area (Å²) < 4.78 is 13.0. The number of hydrogen-bond acceptors (Lipinski definition) is 2. The van der Waals surface area contributed by atoms with Gasteiger partial charge in [0.2, 0.25) is 0 Å². The third-order valence-corrected chi connectivity index (χ3v) is 1.87. The molecule has 0 aliphatic rings. The van der Waals surface area contributed by atoms with E-state index in [4.69, 9.17) is 22.4 Å². The molecule has 0 aliphatic carbocycles. The number of carbonyl (C=O) groups excluding carboxylic acids is 1. The van der Waals surface area contributed by atoms with Crippen LogP contribution in [0.2, 0.25) is 5.02 Å². The van der Waals surface area contributed by atoms with Crippen molar-refractivity contribution < 1.29 is 14.3 Å². The predicted molar refractivity (Wildman–Crippen MR) is 45.6 cm³/mol. The van der Waals surface area contributed by atoms with Crippen LogP contribution in [0.1, 0.15) is 11.7 Å². The standard InChI is InChI=1S/C8H7ClFNO2/c9-4-2-1-3-5(10)6(4)7(12)8(11)13/h1-3,7,12H,(H2,11,13)/t7-/m1/s1. The van der Waals surface area contributed by atoms with Crippen LogP contribution in [0.5, 0.6) is 0 Å². The maximum absolute atomic E-state index is 13.0. The molecule has 0 aromatic heterocycles. The Morgan fingerprint density at radius 2 is 2.23 bits per heavy atom. The largest absolute Gasteiger partial charge is 0.378 e. The van der Waals surface area contributed by atoms with Crippen LogP contribution >= 0.6 is 11.6 Å². The van der Waals surface area contributed by atoms with E-state index in [1.165, 1.54) is 12.1 Å². The average Bonchev–Trinajstić information content (AvgIpc) is 2.03. The van der Waals surface area contributed by atoms with E-state index >= 15 is 0 Å². The lowest BCUT2D eigenvalue weighted by molar-refractivity contribution is -0.126. The third-order valence-electron chi connectivity index (χ3n) is 1.54. The van der Waals surface area contributed by atoms with Crippen LogP contribution in [-0.2, 0) is 4.79 Å². The topological polar surface area (TPSA) is 63.3 Å². The fourth-order valence-corrected chi connectivity index (χ4v) is 1.18. The second-order valence-corrected chi connectivity index (χ2v) is 2.85. The van der Waals surface area contributed by atoms with Gasteiger partial charge >= 0.3 is 0 Å². The molecule has 1 aromatic carbocycles. The monoisotopic (exact) mass is 203 g/mol. The average molecular weight is 204 g/mol. The van der Waals surface area contributed by atoms with Gasteiger partial charge in [-0.1, -0.05) is 17.7 Å². The minimum absolute atomic E-state index is 0.0219. The van der Waals surface area contributed by atoms with E-state index in [0.29, 0.717) is 0 Å². The molecule has 1 atom stereocenters. The minimum Gasteiger partial charge on any atom is -0.378 e. The normalized spacial score (nSPS) is 12.5. The van der Waals surface area contributed by atoms with Crippen molar-refractivity contribution in [3.63, 3.8) is 0 Å². The van der Waals surface area contributed by atoms with Gasteiger partial charge in [0.25, 0.3) is 5.91 Å². The molecule has 13 heavy (non-hydrogen) atoms. The second-order valence-electron chi connectivity index (χ2n) is 2.44. The van der Waals surface area contributed by atoms with Crippen LogP contribution in [0.3, 0.4) is 0 Å². The van der Waals surface area contributed by atoms with Crippen LogP contribution in [0.4, 0.5) is 4.39 Å². The van der Waals surface area contributed by atoms with E-state index < -0.39 is 17.8 Å². The van der Waals surface area contributed by atoms with E-state index in [1.54, 1.807) is 0 Å². The highest BCUT2D eigenvalue weighted by Crippen LogP contribution is 2.25. The van der Waals surface area contributed by atoms with Gasteiger partial charge in [-0.3, -0.25) is 4.79 Å². The number of benzene rings is 1. The number of halogens is 2. The molecule has 0 saturated carbocycles. The number of aliphatic hydroxyl groups excluding tert-OH is 1. The zero-order valence-electron chi connectivity index (χ0n) is 6.50. The highest BCUT2D eigenvalue weighted by Gasteiger charge is 2.20. The summed E-state index contributed by atoms with van der Waals surface area (Å²) in [7, 11) is 0. The van der Waals surface area contributed by atoms with Gasteiger partial charge in [-0.25, -0.2) is 4.39 Å². The number of hydrogen-bond donors (Lipinski definition) is 2. The summed E-state index contributed by atoms with van der Waals surface area (Å²) in [6, 6.07) is 3.83.